The molecule has 20 heavy (non-hydrogen) atoms. The van der Waals surface area contributed by atoms with Crippen molar-refractivity contribution in [3.63, 3.8) is 0 Å². The van der Waals surface area contributed by atoms with E-state index in [4.69, 9.17) is 5.11 Å². The second kappa shape index (κ2) is 6.55. The van der Waals surface area contributed by atoms with Gasteiger partial charge in [0.25, 0.3) is 5.91 Å². The summed E-state index contributed by atoms with van der Waals surface area (Å²) in [4.78, 5) is 25.1. The van der Waals surface area contributed by atoms with E-state index in [-0.39, 0.29) is 18.4 Å². The first-order valence-corrected chi connectivity index (χ1v) is 7.17. The van der Waals surface area contributed by atoms with Crippen LogP contribution >= 0.6 is 0 Å². The number of carboxylic acids is 1. The maximum atomic E-state index is 12.6. The minimum Gasteiger partial charge on any atom is -0.481 e. The number of aliphatic carboxylic acids is 1. The molecule has 0 heterocycles. The number of amides is 1. The van der Waals surface area contributed by atoms with Gasteiger partial charge in [-0.05, 0) is 31.9 Å². The Morgan fingerprint density at radius 2 is 1.80 bits per heavy atom. The van der Waals surface area contributed by atoms with Gasteiger partial charge in [0, 0.05) is 18.2 Å². The third-order valence-electron chi connectivity index (χ3n) is 3.89. The number of hydrogen-bond acceptors (Lipinski definition) is 2. The van der Waals surface area contributed by atoms with Crippen LogP contribution < -0.4 is 0 Å². The smallest absolute Gasteiger partial charge is 0.305 e. The molecule has 1 aromatic rings. The first-order chi connectivity index (χ1) is 9.58. The van der Waals surface area contributed by atoms with E-state index in [2.05, 4.69) is 0 Å². The first-order valence-electron chi connectivity index (χ1n) is 7.17. The average Bonchev–Trinajstić information content (AvgIpc) is 2.93. The van der Waals surface area contributed by atoms with Gasteiger partial charge in [-0.15, -0.1) is 0 Å². The fourth-order valence-corrected chi connectivity index (χ4v) is 2.74. The molecule has 1 aliphatic carbocycles. The van der Waals surface area contributed by atoms with Crippen LogP contribution in [0, 0.1) is 6.92 Å². The molecule has 0 radical (unpaired) electrons. The standard InChI is InChI=1S/C16H21NO3/c1-12-6-8-13(9-7-12)16(20)17(11-10-15(18)19)14-4-2-3-5-14/h6-9,14H,2-5,10-11H2,1H3,(H,18,19). The van der Waals surface area contributed by atoms with Gasteiger partial charge in [0.2, 0.25) is 0 Å². The highest BCUT2D eigenvalue weighted by Crippen LogP contribution is 2.25. The summed E-state index contributed by atoms with van der Waals surface area (Å²) in [5.41, 5.74) is 1.76. The van der Waals surface area contributed by atoms with E-state index in [9.17, 15) is 9.59 Å². The maximum Gasteiger partial charge on any atom is 0.305 e. The molecule has 0 spiro atoms. The van der Waals surface area contributed by atoms with Crippen molar-refractivity contribution in [1.82, 2.24) is 4.90 Å². The van der Waals surface area contributed by atoms with E-state index in [0.29, 0.717) is 12.1 Å². The zero-order valence-electron chi connectivity index (χ0n) is 11.8. The van der Waals surface area contributed by atoms with Crippen LogP contribution in [0.2, 0.25) is 0 Å². The van der Waals surface area contributed by atoms with Crippen LogP contribution in [0.1, 0.15) is 48.0 Å². The van der Waals surface area contributed by atoms with Crippen molar-refractivity contribution < 1.29 is 14.7 Å². The van der Waals surface area contributed by atoms with E-state index in [1.165, 1.54) is 0 Å². The number of nitrogens with zero attached hydrogens (tertiary/aromatic N) is 1. The molecule has 0 atom stereocenters. The summed E-state index contributed by atoms with van der Waals surface area (Å²) in [7, 11) is 0. The van der Waals surface area contributed by atoms with Crippen molar-refractivity contribution in [2.75, 3.05) is 6.54 Å². The number of rotatable bonds is 5. The zero-order valence-corrected chi connectivity index (χ0v) is 11.8. The Morgan fingerprint density at radius 1 is 1.20 bits per heavy atom. The lowest BCUT2D eigenvalue weighted by Gasteiger charge is -2.28. The molecule has 1 aromatic carbocycles. The Bertz CT molecular complexity index is 475. The van der Waals surface area contributed by atoms with Crippen molar-refractivity contribution in [3.05, 3.63) is 35.4 Å². The van der Waals surface area contributed by atoms with Crippen LogP contribution in [0.5, 0.6) is 0 Å². The fraction of sp³-hybridized carbons (Fsp3) is 0.500. The number of carboxylic acid groups (broad SMARTS) is 1. The van der Waals surface area contributed by atoms with Gasteiger partial charge in [-0.2, -0.15) is 0 Å². The molecule has 1 N–H and O–H groups in total. The summed E-state index contributed by atoms with van der Waals surface area (Å²) in [6.07, 6.45) is 4.22. The van der Waals surface area contributed by atoms with E-state index >= 15 is 0 Å². The minimum absolute atomic E-state index is 0.00804. The molecule has 1 saturated carbocycles. The highest BCUT2D eigenvalue weighted by Gasteiger charge is 2.27. The van der Waals surface area contributed by atoms with Crippen LogP contribution in [0.4, 0.5) is 0 Å². The number of benzene rings is 1. The Balaban J connectivity index is 2.13. The summed E-state index contributed by atoms with van der Waals surface area (Å²) >= 11 is 0. The van der Waals surface area contributed by atoms with E-state index in [0.717, 1.165) is 31.2 Å². The van der Waals surface area contributed by atoms with E-state index in [1.54, 1.807) is 4.90 Å². The predicted octanol–water partition coefficient (Wildman–Crippen LogP) is 2.85. The van der Waals surface area contributed by atoms with Crippen molar-refractivity contribution in [3.8, 4) is 0 Å². The average molecular weight is 275 g/mol. The Morgan fingerprint density at radius 3 is 2.35 bits per heavy atom. The molecule has 2 rings (SSSR count). The molecule has 108 valence electrons. The summed E-state index contributed by atoms with van der Waals surface area (Å²) in [6.45, 7) is 2.28. The van der Waals surface area contributed by atoms with Gasteiger partial charge in [-0.1, -0.05) is 30.5 Å². The third kappa shape index (κ3) is 3.59. The molecule has 0 unspecified atom stereocenters. The second-order valence-electron chi connectivity index (χ2n) is 5.45. The Kier molecular flexibility index (Phi) is 4.77. The van der Waals surface area contributed by atoms with Gasteiger partial charge in [0.05, 0.1) is 6.42 Å². The monoisotopic (exact) mass is 275 g/mol. The topological polar surface area (TPSA) is 57.6 Å². The highest BCUT2D eigenvalue weighted by molar-refractivity contribution is 5.94. The predicted molar refractivity (Wildman–Crippen MR) is 76.7 cm³/mol. The van der Waals surface area contributed by atoms with Crippen molar-refractivity contribution >= 4 is 11.9 Å². The van der Waals surface area contributed by atoms with E-state index in [1.807, 2.05) is 31.2 Å². The normalized spacial score (nSPS) is 15.2. The van der Waals surface area contributed by atoms with Gasteiger partial charge in [0.1, 0.15) is 0 Å². The molecule has 1 fully saturated rings. The number of hydrogen-bond donors (Lipinski definition) is 1. The summed E-state index contributed by atoms with van der Waals surface area (Å²) in [5, 5.41) is 8.86. The zero-order chi connectivity index (χ0) is 14.5. The molecular weight excluding hydrogens is 254 g/mol. The van der Waals surface area contributed by atoms with Crippen LogP contribution in [-0.2, 0) is 4.79 Å². The summed E-state index contributed by atoms with van der Waals surface area (Å²) in [5.74, 6) is -0.900. The quantitative estimate of drug-likeness (QED) is 0.899. The minimum atomic E-state index is -0.857. The SMILES string of the molecule is Cc1ccc(C(=O)N(CCC(=O)O)C2CCCC2)cc1. The largest absolute Gasteiger partial charge is 0.481 e. The first kappa shape index (κ1) is 14.6. The van der Waals surface area contributed by atoms with Gasteiger partial charge >= 0.3 is 5.97 Å². The lowest BCUT2D eigenvalue weighted by molar-refractivity contribution is -0.137. The van der Waals surface area contributed by atoms with Gasteiger partial charge in [0.15, 0.2) is 0 Å². The molecule has 0 aromatic heterocycles. The van der Waals surface area contributed by atoms with Crippen LogP contribution in [0.3, 0.4) is 0 Å². The fourth-order valence-electron chi connectivity index (χ4n) is 2.74. The lowest BCUT2D eigenvalue weighted by Crippen LogP contribution is -2.40. The molecule has 0 saturated heterocycles. The third-order valence-corrected chi connectivity index (χ3v) is 3.89. The summed E-state index contributed by atoms with van der Waals surface area (Å²) < 4.78 is 0. The molecule has 0 bridgehead atoms. The van der Waals surface area contributed by atoms with Crippen LogP contribution in [0.25, 0.3) is 0 Å². The molecule has 0 aliphatic heterocycles. The Labute approximate surface area is 119 Å². The Hall–Kier alpha value is -1.84. The molecule has 4 heteroatoms. The molecule has 1 amide bonds. The van der Waals surface area contributed by atoms with Crippen molar-refractivity contribution in [2.45, 2.75) is 45.1 Å². The van der Waals surface area contributed by atoms with Gasteiger partial charge in [-0.25, -0.2) is 0 Å². The van der Waals surface area contributed by atoms with Crippen molar-refractivity contribution in [2.24, 2.45) is 0 Å². The van der Waals surface area contributed by atoms with Gasteiger partial charge in [-0.3, -0.25) is 9.59 Å². The maximum absolute atomic E-state index is 12.6. The number of aryl methyl sites for hydroxylation is 1. The van der Waals surface area contributed by atoms with Crippen LogP contribution in [-0.4, -0.2) is 34.5 Å². The number of carbonyl (C=O) groups is 2. The molecule has 4 nitrogen and oxygen atoms in total. The molecule has 1 aliphatic rings. The van der Waals surface area contributed by atoms with Crippen LogP contribution in [0.15, 0.2) is 24.3 Å². The highest BCUT2D eigenvalue weighted by atomic mass is 16.4. The van der Waals surface area contributed by atoms with E-state index < -0.39 is 5.97 Å². The second-order valence-corrected chi connectivity index (χ2v) is 5.45. The molecular formula is C16H21NO3. The lowest BCUT2D eigenvalue weighted by atomic mass is 10.1. The number of carbonyl (C=O) groups excluding carboxylic acids is 1. The van der Waals surface area contributed by atoms with Crippen molar-refractivity contribution in [1.29, 1.82) is 0 Å². The summed E-state index contributed by atoms with van der Waals surface area (Å²) in [6, 6.07) is 7.66. The van der Waals surface area contributed by atoms with Gasteiger partial charge < -0.3 is 10.0 Å².